The molecule has 2 aromatic rings. The van der Waals surface area contributed by atoms with Crippen LogP contribution in [-0.4, -0.2) is 15.8 Å². The molecule has 1 aromatic carbocycles. The molecule has 0 aliphatic heterocycles. The Balaban J connectivity index is 1.60. The molecule has 0 unspecified atom stereocenters. The molecule has 0 radical (unpaired) electrons. The first kappa shape index (κ1) is 14.3. The zero-order valence-electron chi connectivity index (χ0n) is 13.2. The lowest BCUT2D eigenvalue weighted by molar-refractivity contribution is 0.103. The van der Waals surface area contributed by atoms with Gasteiger partial charge in [-0.05, 0) is 42.2 Å². The highest BCUT2D eigenvalue weighted by Crippen LogP contribution is 2.35. The van der Waals surface area contributed by atoms with Crippen LogP contribution in [0.5, 0.6) is 0 Å². The van der Waals surface area contributed by atoms with E-state index in [0.717, 1.165) is 28.7 Å². The number of hydrogen-bond donors (Lipinski definition) is 0. The van der Waals surface area contributed by atoms with Crippen molar-refractivity contribution < 1.29 is 4.79 Å². The second kappa shape index (κ2) is 6.07. The summed E-state index contributed by atoms with van der Waals surface area (Å²) in [4.78, 5) is 21.2. The summed E-state index contributed by atoms with van der Waals surface area (Å²) >= 11 is 0. The molecule has 3 heteroatoms. The van der Waals surface area contributed by atoms with Crippen LogP contribution in [0.1, 0.15) is 54.4 Å². The number of fused-ring (bicyclic) bond motifs is 1. The Hall–Kier alpha value is -2.29. The van der Waals surface area contributed by atoms with Crippen molar-refractivity contribution in [2.75, 3.05) is 0 Å². The number of ketones is 1. The van der Waals surface area contributed by atoms with Crippen LogP contribution in [-0.2, 0) is 0 Å². The smallest absolute Gasteiger partial charge is 0.189 e. The second-order valence-corrected chi connectivity index (χ2v) is 6.58. The first-order valence-electron chi connectivity index (χ1n) is 8.48. The highest BCUT2D eigenvalue weighted by molar-refractivity contribution is 6.18. The second-order valence-electron chi connectivity index (χ2n) is 6.58. The van der Waals surface area contributed by atoms with Crippen molar-refractivity contribution in [1.29, 1.82) is 0 Å². The Morgan fingerprint density at radius 2 is 1.83 bits per heavy atom. The average Bonchev–Trinajstić information content (AvgIpc) is 2.92. The SMILES string of the molecule is O=C1C(CC2CCCCC2)=Cc2cc(-c3ncccn3)ccc21. The highest BCUT2D eigenvalue weighted by atomic mass is 16.1. The van der Waals surface area contributed by atoms with Gasteiger partial charge in [-0.25, -0.2) is 9.97 Å². The molecule has 3 nitrogen and oxygen atoms in total. The van der Waals surface area contributed by atoms with Crippen molar-refractivity contribution in [2.24, 2.45) is 5.92 Å². The molecule has 0 saturated heterocycles. The molecule has 1 saturated carbocycles. The lowest BCUT2D eigenvalue weighted by atomic mass is 9.84. The van der Waals surface area contributed by atoms with E-state index in [1.165, 1.54) is 32.1 Å². The van der Waals surface area contributed by atoms with Crippen molar-refractivity contribution in [2.45, 2.75) is 38.5 Å². The van der Waals surface area contributed by atoms with Crippen molar-refractivity contribution in [3.8, 4) is 11.4 Å². The van der Waals surface area contributed by atoms with Crippen molar-refractivity contribution >= 4 is 11.9 Å². The molecule has 0 N–H and O–H groups in total. The van der Waals surface area contributed by atoms with Crippen LogP contribution in [0.2, 0.25) is 0 Å². The highest BCUT2D eigenvalue weighted by Gasteiger charge is 2.26. The first-order chi connectivity index (χ1) is 11.3. The molecular weight excluding hydrogens is 284 g/mol. The Kier molecular flexibility index (Phi) is 3.78. The van der Waals surface area contributed by atoms with E-state index in [-0.39, 0.29) is 5.78 Å². The predicted octanol–water partition coefficient (Wildman–Crippen LogP) is 4.69. The fraction of sp³-hybridized carbons (Fsp3) is 0.350. The summed E-state index contributed by atoms with van der Waals surface area (Å²) in [6.07, 6.45) is 13.0. The van der Waals surface area contributed by atoms with E-state index in [0.29, 0.717) is 11.7 Å². The fourth-order valence-corrected chi connectivity index (χ4v) is 3.76. The van der Waals surface area contributed by atoms with Crippen LogP contribution in [0, 0.1) is 5.92 Å². The molecule has 2 aliphatic carbocycles. The third-order valence-corrected chi connectivity index (χ3v) is 4.97. The Morgan fingerprint density at radius 3 is 2.61 bits per heavy atom. The number of nitrogens with zero attached hydrogens (tertiary/aromatic N) is 2. The third kappa shape index (κ3) is 2.83. The molecule has 1 aromatic heterocycles. The molecule has 0 amide bonds. The number of benzene rings is 1. The quantitative estimate of drug-likeness (QED) is 0.826. The van der Waals surface area contributed by atoms with Crippen LogP contribution in [0.25, 0.3) is 17.5 Å². The van der Waals surface area contributed by atoms with E-state index in [2.05, 4.69) is 16.0 Å². The summed E-state index contributed by atoms with van der Waals surface area (Å²) < 4.78 is 0. The van der Waals surface area contributed by atoms with Crippen LogP contribution in [0.3, 0.4) is 0 Å². The molecule has 0 spiro atoms. The van der Waals surface area contributed by atoms with Gasteiger partial charge in [0.05, 0.1) is 0 Å². The van der Waals surface area contributed by atoms with E-state index in [1.54, 1.807) is 12.4 Å². The van der Waals surface area contributed by atoms with E-state index in [1.807, 2.05) is 24.3 Å². The van der Waals surface area contributed by atoms with Gasteiger partial charge < -0.3 is 0 Å². The summed E-state index contributed by atoms with van der Waals surface area (Å²) in [6, 6.07) is 7.72. The van der Waals surface area contributed by atoms with Crippen LogP contribution in [0.4, 0.5) is 0 Å². The minimum atomic E-state index is 0.214. The number of aromatic nitrogens is 2. The van der Waals surface area contributed by atoms with Gasteiger partial charge in [0.25, 0.3) is 0 Å². The van der Waals surface area contributed by atoms with Gasteiger partial charge in [-0.1, -0.05) is 38.2 Å². The normalized spacial score (nSPS) is 17.9. The van der Waals surface area contributed by atoms with E-state index < -0.39 is 0 Å². The van der Waals surface area contributed by atoms with Gasteiger partial charge in [0.2, 0.25) is 0 Å². The van der Waals surface area contributed by atoms with E-state index >= 15 is 0 Å². The van der Waals surface area contributed by atoms with Crippen molar-refractivity contribution in [1.82, 2.24) is 9.97 Å². The molecule has 116 valence electrons. The van der Waals surface area contributed by atoms with Gasteiger partial charge in [-0.15, -0.1) is 0 Å². The van der Waals surface area contributed by atoms with Gasteiger partial charge in [-0.3, -0.25) is 4.79 Å². The summed E-state index contributed by atoms with van der Waals surface area (Å²) in [5, 5.41) is 0. The number of rotatable bonds is 3. The first-order valence-corrected chi connectivity index (χ1v) is 8.48. The molecule has 1 heterocycles. The number of Topliss-reactive ketones (excluding diaryl/α,β-unsaturated/α-hetero) is 1. The van der Waals surface area contributed by atoms with Gasteiger partial charge in [0.15, 0.2) is 11.6 Å². The van der Waals surface area contributed by atoms with E-state index in [4.69, 9.17) is 0 Å². The van der Waals surface area contributed by atoms with Crippen molar-refractivity contribution in [3.63, 3.8) is 0 Å². The molecular formula is C20H20N2O. The number of carbonyl (C=O) groups excluding carboxylic acids is 1. The van der Waals surface area contributed by atoms with Gasteiger partial charge >= 0.3 is 0 Å². The maximum atomic E-state index is 12.6. The van der Waals surface area contributed by atoms with Crippen LogP contribution in [0.15, 0.2) is 42.2 Å². The molecule has 0 bridgehead atoms. The maximum Gasteiger partial charge on any atom is 0.189 e. The van der Waals surface area contributed by atoms with Gasteiger partial charge in [-0.2, -0.15) is 0 Å². The summed E-state index contributed by atoms with van der Waals surface area (Å²) in [6.45, 7) is 0. The zero-order chi connectivity index (χ0) is 15.6. The number of allylic oxidation sites excluding steroid dienone is 1. The number of hydrogen-bond acceptors (Lipinski definition) is 3. The van der Waals surface area contributed by atoms with E-state index in [9.17, 15) is 4.79 Å². The van der Waals surface area contributed by atoms with Crippen LogP contribution >= 0.6 is 0 Å². The summed E-state index contributed by atoms with van der Waals surface area (Å²) in [5.41, 5.74) is 3.80. The molecule has 0 atom stereocenters. The lowest BCUT2D eigenvalue weighted by Crippen LogP contribution is -2.10. The van der Waals surface area contributed by atoms with Crippen molar-refractivity contribution in [3.05, 3.63) is 53.4 Å². The van der Waals surface area contributed by atoms with Gasteiger partial charge in [0.1, 0.15) is 0 Å². The third-order valence-electron chi connectivity index (χ3n) is 4.97. The topological polar surface area (TPSA) is 42.9 Å². The largest absolute Gasteiger partial charge is 0.289 e. The molecule has 23 heavy (non-hydrogen) atoms. The number of carbonyl (C=O) groups is 1. The Morgan fingerprint density at radius 1 is 1.04 bits per heavy atom. The standard InChI is InChI=1S/C20H20N2O/c23-19-17(11-14-5-2-1-3-6-14)13-16-12-15(7-8-18(16)19)20-21-9-4-10-22-20/h4,7-10,12-14H,1-3,5-6,11H2. The minimum absolute atomic E-state index is 0.214. The Bertz CT molecular complexity index is 758. The van der Waals surface area contributed by atoms with Gasteiger partial charge in [0, 0.05) is 29.1 Å². The predicted molar refractivity (Wildman–Crippen MR) is 91.0 cm³/mol. The fourth-order valence-electron chi connectivity index (χ4n) is 3.76. The molecule has 1 fully saturated rings. The molecule has 4 rings (SSSR count). The average molecular weight is 304 g/mol. The van der Waals surface area contributed by atoms with Crippen LogP contribution < -0.4 is 0 Å². The maximum absolute atomic E-state index is 12.6. The summed E-state index contributed by atoms with van der Waals surface area (Å²) in [7, 11) is 0. The summed E-state index contributed by atoms with van der Waals surface area (Å²) in [5.74, 6) is 1.60. The lowest BCUT2D eigenvalue weighted by Gasteiger charge is -2.21. The zero-order valence-corrected chi connectivity index (χ0v) is 13.2. The monoisotopic (exact) mass is 304 g/mol. The molecule has 2 aliphatic rings. The Labute approximate surface area is 136 Å². The minimum Gasteiger partial charge on any atom is -0.289 e.